The zero-order chi connectivity index (χ0) is 22.0. The van der Waals surface area contributed by atoms with Crippen molar-refractivity contribution in [2.45, 2.75) is 20.0 Å². The lowest BCUT2D eigenvalue weighted by atomic mass is 10.0. The smallest absolute Gasteiger partial charge is 0.412 e. The topological polar surface area (TPSA) is 147 Å². The average Bonchev–Trinajstić information content (AvgIpc) is 2.99. The highest BCUT2D eigenvalue weighted by Gasteiger charge is 2.26. The van der Waals surface area contributed by atoms with Crippen molar-refractivity contribution in [3.8, 4) is 17.1 Å². The molecule has 0 fully saturated rings. The van der Waals surface area contributed by atoms with Crippen LogP contribution in [-0.2, 0) is 4.74 Å². The number of anilines is 1. The summed E-state index contributed by atoms with van der Waals surface area (Å²) >= 11 is 0. The first-order valence-electron chi connectivity index (χ1n) is 8.77. The van der Waals surface area contributed by atoms with E-state index in [9.17, 15) is 18.8 Å². The molecule has 0 saturated carbocycles. The number of fused-ring (bicyclic) bond motifs is 1. The van der Waals surface area contributed by atoms with Crippen LogP contribution in [0.15, 0.2) is 40.8 Å². The van der Waals surface area contributed by atoms with Gasteiger partial charge in [0, 0.05) is 17.0 Å². The number of ether oxygens (including phenoxy) is 2. The van der Waals surface area contributed by atoms with Crippen LogP contribution in [-0.4, -0.2) is 24.2 Å². The van der Waals surface area contributed by atoms with Crippen molar-refractivity contribution >= 4 is 34.8 Å². The maximum absolute atomic E-state index is 13.3. The Kier molecular flexibility index (Phi) is 5.58. The van der Waals surface area contributed by atoms with E-state index in [1.54, 1.807) is 13.8 Å². The molecule has 3 aromatic rings. The molecule has 2 aromatic carbocycles. The molecule has 10 heteroatoms. The fourth-order valence-electron chi connectivity index (χ4n) is 2.85. The van der Waals surface area contributed by atoms with Gasteiger partial charge < -0.3 is 30.7 Å². The molecule has 0 spiro atoms. The quantitative estimate of drug-likeness (QED) is 0.427. The van der Waals surface area contributed by atoms with Crippen LogP contribution in [0.1, 0.15) is 24.2 Å². The normalized spacial score (nSPS) is 10.8. The van der Waals surface area contributed by atoms with Gasteiger partial charge in [0.2, 0.25) is 0 Å². The van der Waals surface area contributed by atoms with E-state index in [1.165, 1.54) is 36.4 Å². The molecule has 0 aliphatic carbocycles. The molecule has 3 rings (SSSR count). The van der Waals surface area contributed by atoms with Crippen molar-refractivity contribution in [3.05, 3.63) is 47.8 Å². The molecule has 0 atom stereocenters. The van der Waals surface area contributed by atoms with Gasteiger partial charge >= 0.3 is 18.1 Å². The highest BCUT2D eigenvalue weighted by molar-refractivity contribution is 6.12. The molecular weight excluding hydrogens is 397 g/mol. The summed E-state index contributed by atoms with van der Waals surface area (Å²) in [6, 6.07) is 7.16. The number of furan rings is 1. The zero-order valence-corrected chi connectivity index (χ0v) is 16.0. The second-order valence-electron chi connectivity index (χ2n) is 6.52. The van der Waals surface area contributed by atoms with Crippen LogP contribution in [0.5, 0.6) is 5.75 Å². The van der Waals surface area contributed by atoms with E-state index >= 15 is 0 Å². The Labute approximate surface area is 169 Å². The van der Waals surface area contributed by atoms with Crippen molar-refractivity contribution in [3.63, 3.8) is 0 Å². The van der Waals surface area contributed by atoms with Crippen LogP contribution < -0.4 is 21.5 Å². The highest BCUT2D eigenvalue weighted by atomic mass is 19.1. The summed E-state index contributed by atoms with van der Waals surface area (Å²) in [5, 5.41) is 2.65. The number of amides is 3. The van der Waals surface area contributed by atoms with Crippen LogP contribution in [0, 0.1) is 5.82 Å². The van der Waals surface area contributed by atoms with Gasteiger partial charge in [-0.05, 0) is 44.2 Å². The second-order valence-corrected chi connectivity index (χ2v) is 6.52. The maximum Gasteiger partial charge on any atom is 0.412 e. The van der Waals surface area contributed by atoms with Crippen molar-refractivity contribution < 1.29 is 32.7 Å². The van der Waals surface area contributed by atoms with Crippen molar-refractivity contribution in [1.29, 1.82) is 0 Å². The zero-order valence-electron chi connectivity index (χ0n) is 16.0. The fraction of sp³-hybridized carbons (Fsp3) is 0.150. The first-order chi connectivity index (χ1) is 14.2. The van der Waals surface area contributed by atoms with Crippen LogP contribution in [0.3, 0.4) is 0 Å². The molecule has 0 bridgehead atoms. The number of primary amides is 2. The van der Waals surface area contributed by atoms with Gasteiger partial charge in [-0.1, -0.05) is 0 Å². The third-order valence-electron chi connectivity index (χ3n) is 3.91. The van der Waals surface area contributed by atoms with E-state index in [2.05, 4.69) is 10.1 Å². The first kappa shape index (κ1) is 20.6. The van der Waals surface area contributed by atoms with Crippen molar-refractivity contribution in [2.24, 2.45) is 11.5 Å². The summed E-state index contributed by atoms with van der Waals surface area (Å²) in [5.41, 5.74) is 10.8. The van der Waals surface area contributed by atoms with Gasteiger partial charge in [-0.2, -0.15) is 0 Å². The maximum atomic E-state index is 13.3. The van der Waals surface area contributed by atoms with E-state index in [1.807, 2.05) is 0 Å². The molecule has 30 heavy (non-hydrogen) atoms. The summed E-state index contributed by atoms with van der Waals surface area (Å²) in [6.45, 7) is 3.53. The number of urea groups is 1. The number of carbonyl (C=O) groups excluding carboxylic acids is 3. The van der Waals surface area contributed by atoms with Gasteiger partial charge in [0.25, 0.3) is 0 Å². The number of nitrogens with two attached hydrogens (primary N) is 2. The lowest BCUT2D eigenvalue weighted by Gasteiger charge is -2.14. The van der Waals surface area contributed by atoms with E-state index in [-0.39, 0.29) is 39.8 Å². The van der Waals surface area contributed by atoms with Gasteiger partial charge in [0.1, 0.15) is 28.5 Å². The van der Waals surface area contributed by atoms with Crippen LogP contribution >= 0.6 is 0 Å². The van der Waals surface area contributed by atoms with Gasteiger partial charge in [-0.3, -0.25) is 0 Å². The van der Waals surface area contributed by atoms with Crippen molar-refractivity contribution in [2.75, 3.05) is 5.32 Å². The van der Waals surface area contributed by atoms with E-state index in [4.69, 9.17) is 20.6 Å². The van der Waals surface area contributed by atoms with Crippen LogP contribution in [0.2, 0.25) is 0 Å². The van der Waals surface area contributed by atoms with Gasteiger partial charge in [-0.25, -0.2) is 18.8 Å². The Morgan fingerprint density at radius 2 is 1.77 bits per heavy atom. The number of nitrogens with one attached hydrogen (secondary N) is 1. The number of benzene rings is 2. The standard InChI is InChI=1S/C20H18FN3O6/c1-9(2)28-15-7-12-14(8-13(15)24-19(22)26)29-17(10-3-5-11(21)6-4-10)16(12)18(25)30-20(23)27/h3-9H,1-2H3,(H2,23,27)(H3,22,24,26). The Morgan fingerprint density at radius 1 is 1.10 bits per heavy atom. The predicted octanol–water partition coefficient (Wildman–Crippen LogP) is 3.75. The van der Waals surface area contributed by atoms with E-state index < -0.39 is 23.9 Å². The molecule has 3 amide bonds. The Balaban J connectivity index is 2.28. The molecule has 9 nitrogen and oxygen atoms in total. The van der Waals surface area contributed by atoms with Crippen LogP contribution in [0.25, 0.3) is 22.3 Å². The number of rotatable bonds is 5. The summed E-state index contributed by atoms with van der Waals surface area (Å²) in [4.78, 5) is 35.1. The summed E-state index contributed by atoms with van der Waals surface area (Å²) in [6.07, 6.45) is -1.58. The summed E-state index contributed by atoms with van der Waals surface area (Å²) in [5.74, 6) is -1.33. The molecule has 0 aliphatic rings. The molecule has 1 aromatic heterocycles. The van der Waals surface area contributed by atoms with Gasteiger partial charge in [0.05, 0.1) is 11.8 Å². The third kappa shape index (κ3) is 4.32. The van der Waals surface area contributed by atoms with E-state index in [0.717, 1.165) is 0 Å². The Bertz CT molecular complexity index is 1140. The number of hydrogen-bond acceptors (Lipinski definition) is 6. The Morgan fingerprint density at radius 3 is 2.33 bits per heavy atom. The molecule has 0 unspecified atom stereocenters. The predicted molar refractivity (Wildman–Crippen MR) is 106 cm³/mol. The highest BCUT2D eigenvalue weighted by Crippen LogP contribution is 2.39. The lowest BCUT2D eigenvalue weighted by molar-refractivity contribution is 0.0640. The monoisotopic (exact) mass is 415 g/mol. The molecule has 156 valence electrons. The average molecular weight is 415 g/mol. The molecule has 0 radical (unpaired) electrons. The molecular formula is C20H18FN3O6. The number of esters is 1. The molecule has 5 N–H and O–H groups in total. The first-order valence-corrected chi connectivity index (χ1v) is 8.77. The SMILES string of the molecule is CC(C)Oc1cc2c(C(=O)OC(N)=O)c(-c3ccc(F)cc3)oc2cc1NC(N)=O. The number of hydrogen-bond donors (Lipinski definition) is 3. The summed E-state index contributed by atoms with van der Waals surface area (Å²) in [7, 11) is 0. The fourth-order valence-corrected chi connectivity index (χ4v) is 2.85. The van der Waals surface area contributed by atoms with Gasteiger partial charge in [-0.15, -0.1) is 0 Å². The Hall–Kier alpha value is -4.08. The number of halogens is 1. The van der Waals surface area contributed by atoms with E-state index in [0.29, 0.717) is 5.56 Å². The molecule has 1 heterocycles. The minimum atomic E-state index is -1.30. The minimum absolute atomic E-state index is 0.0166. The molecule has 0 aliphatic heterocycles. The number of carbonyl (C=O) groups is 3. The molecule has 0 saturated heterocycles. The largest absolute Gasteiger partial charge is 0.489 e. The summed E-state index contributed by atoms with van der Waals surface area (Å²) < 4.78 is 29.4. The third-order valence-corrected chi connectivity index (χ3v) is 3.91. The van der Waals surface area contributed by atoms with Crippen molar-refractivity contribution in [1.82, 2.24) is 0 Å². The lowest BCUT2D eigenvalue weighted by Crippen LogP contribution is -2.20. The minimum Gasteiger partial charge on any atom is -0.489 e. The second kappa shape index (κ2) is 8.11. The van der Waals surface area contributed by atoms with Gasteiger partial charge in [0.15, 0.2) is 0 Å². The van der Waals surface area contributed by atoms with Crippen LogP contribution in [0.4, 0.5) is 19.7 Å².